The van der Waals surface area contributed by atoms with Crippen molar-refractivity contribution in [2.24, 2.45) is 0 Å². The van der Waals surface area contributed by atoms with Crippen molar-refractivity contribution in [2.45, 2.75) is 25.4 Å². The molecule has 1 aliphatic carbocycles. The van der Waals surface area contributed by atoms with E-state index < -0.39 is 0 Å². The number of hydrogen-bond acceptors (Lipinski definition) is 6. The van der Waals surface area contributed by atoms with Gasteiger partial charge in [0.1, 0.15) is 0 Å². The van der Waals surface area contributed by atoms with E-state index in [1.807, 2.05) is 12.1 Å². The lowest BCUT2D eigenvalue weighted by molar-refractivity contribution is 0.190. The maximum absolute atomic E-state index is 5.13. The summed E-state index contributed by atoms with van der Waals surface area (Å²) >= 11 is 0. The molecule has 0 bridgehead atoms. The Balaban J connectivity index is 1.88. The lowest BCUT2D eigenvalue weighted by Gasteiger charge is -2.22. The fourth-order valence-electron chi connectivity index (χ4n) is 1.90. The van der Waals surface area contributed by atoms with Gasteiger partial charge in [-0.2, -0.15) is 5.10 Å². The third-order valence-corrected chi connectivity index (χ3v) is 3.31. The molecule has 1 aromatic rings. The van der Waals surface area contributed by atoms with Gasteiger partial charge in [-0.05, 0) is 25.0 Å². The lowest BCUT2D eigenvalue weighted by atomic mass is 10.3. The van der Waals surface area contributed by atoms with Crippen LogP contribution in [0.2, 0.25) is 0 Å². The minimum Gasteiger partial charge on any atom is -0.383 e. The summed E-state index contributed by atoms with van der Waals surface area (Å²) in [6.45, 7) is 3.70. The summed E-state index contributed by atoms with van der Waals surface area (Å²) in [7, 11) is 3.40. The molecule has 1 fully saturated rings. The molecule has 6 nitrogen and oxygen atoms in total. The Hall–Kier alpha value is -1.24. The fraction of sp³-hybridized carbons (Fsp3) is 0.714. The molecule has 0 aliphatic heterocycles. The van der Waals surface area contributed by atoms with Crippen molar-refractivity contribution in [1.29, 1.82) is 0 Å². The Kier molecular flexibility index (Phi) is 6.17. The Morgan fingerprint density at radius 2 is 1.85 bits per heavy atom. The zero-order valence-corrected chi connectivity index (χ0v) is 12.3. The van der Waals surface area contributed by atoms with Crippen LogP contribution in [0.3, 0.4) is 0 Å². The number of rotatable bonds is 10. The first-order chi connectivity index (χ1) is 9.83. The molecule has 2 rings (SSSR count). The van der Waals surface area contributed by atoms with Gasteiger partial charge in [0.2, 0.25) is 0 Å². The summed E-state index contributed by atoms with van der Waals surface area (Å²) in [6, 6.07) is 4.74. The molecule has 1 saturated carbocycles. The summed E-state index contributed by atoms with van der Waals surface area (Å²) in [4.78, 5) is 2.12. The monoisotopic (exact) mass is 280 g/mol. The third-order valence-electron chi connectivity index (χ3n) is 3.31. The van der Waals surface area contributed by atoms with Gasteiger partial charge in [0.05, 0.1) is 18.9 Å². The van der Waals surface area contributed by atoms with Crippen LogP contribution in [-0.4, -0.2) is 56.8 Å². The normalized spacial score (nSPS) is 14.5. The molecule has 0 unspecified atom stereocenters. The van der Waals surface area contributed by atoms with Crippen LogP contribution >= 0.6 is 0 Å². The van der Waals surface area contributed by atoms with E-state index in [0.29, 0.717) is 19.3 Å². The number of nitrogens with one attached hydrogen (secondary N) is 1. The highest BCUT2D eigenvalue weighted by molar-refractivity contribution is 5.37. The molecule has 0 spiro atoms. The largest absolute Gasteiger partial charge is 0.383 e. The molecule has 0 saturated heterocycles. The van der Waals surface area contributed by atoms with Crippen LogP contribution < -0.4 is 10.2 Å². The number of aromatic nitrogens is 2. The summed E-state index contributed by atoms with van der Waals surface area (Å²) < 4.78 is 10.3. The second kappa shape index (κ2) is 8.14. The molecule has 6 heteroatoms. The quantitative estimate of drug-likeness (QED) is 0.685. The smallest absolute Gasteiger partial charge is 0.151 e. The predicted octanol–water partition coefficient (Wildman–Crippen LogP) is 0.828. The van der Waals surface area contributed by atoms with Crippen molar-refractivity contribution in [3.63, 3.8) is 0 Å². The second-order valence-electron chi connectivity index (χ2n) is 5.01. The second-order valence-corrected chi connectivity index (χ2v) is 5.01. The van der Waals surface area contributed by atoms with Gasteiger partial charge in [0, 0.05) is 39.9 Å². The predicted molar refractivity (Wildman–Crippen MR) is 77.9 cm³/mol. The minimum absolute atomic E-state index is 0.663. The number of anilines is 1. The lowest BCUT2D eigenvalue weighted by Crippen LogP contribution is -2.31. The first kappa shape index (κ1) is 15.2. The summed E-state index contributed by atoms with van der Waals surface area (Å²) in [5, 5.41) is 12.0. The molecule has 1 aliphatic rings. The molecule has 20 heavy (non-hydrogen) atoms. The van der Waals surface area contributed by atoms with Crippen LogP contribution in [0.5, 0.6) is 0 Å². The van der Waals surface area contributed by atoms with Gasteiger partial charge in [-0.1, -0.05) is 0 Å². The first-order valence-corrected chi connectivity index (χ1v) is 7.12. The standard InChI is InChI=1S/C14H24N4O2/c1-19-9-7-18(8-10-20-2)14-6-5-13(16-17-14)11-15-12-3-4-12/h5-6,12,15H,3-4,7-11H2,1-2H3. The van der Waals surface area contributed by atoms with Gasteiger partial charge >= 0.3 is 0 Å². The van der Waals surface area contributed by atoms with Gasteiger partial charge in [0.25, 0.3) is 0 Å². The highest BCUT2D eigenvalue weighted by atomic mass is 16.5. The van der Waals surface area contributed by atoms with E-state index in [0.717, 1.165) is 31.1 Å². The Labute approximate surface area is 120 Å². The molecule has 0 aromatic carbocycles. The van der Waals surface area contributed by atoms with Crippen molar-refractivity contribution in [3.8, 4) is 0 Å². The van der Waals surface area contributed by atoms with E-state index in [-0.39, 0.29) is 0 Å². The van der Waals surface area contributed by atoms with Gasteiger partial charge in [-0.25, -0.2) is 0 Å². The van der Waals surface area contributed by atoms with Crippen molar-refractivity contribution >= 4 is 5.82 Å². The maximum Gasteiger partial charge on any atom is 0.151 e. The van der Waals surface area contributed by atoms with Gasteiger partial charge in [-0.3, -0.25) is 0 Å². The van der Waals surface area contributed by atoms with Gasteiger partial charge < -0.3 is 19.7 Å². The maximum atomic E-state index is 5.13. The SMILES string of the molecule is COCCN(CCOC)c1ccc(CNC2CC2)nn1. The number of methoxy groups -OCH3 is 2. The average molecular weight is 280 g/mol. The zero-order valence-electron chi connectivity index (χ0n) is 12.3. The van der Waals surface area contributed by atoms with Crippen LogP contribution in [-0.2, 0) is 16.0 Å². The van der Waals surface area contributed by atoms with E-state index in [1.54, 1.807) is 14.2 Å². The van der Waals surface area contributed by atoms with E-state index in [9.17, 15) is 0 Å². The molecule has 1 N–H and O–H groups in total. The molecular formula is C14H24N4O2. The van der Waals surface area contributed by atoms with Crippen LogP contribution in [0.1, 0.15) is 18.5 Å². The van der Waals surface area contributed by atoms with Crippen molar-refractivity contribution in [2.75, 3.05) is 45.4 Å². The summed E-state index contributed by atoms with van der Waals surface area (Å²) in [6.07, 6.45) is 2.57. The number of nitrogens with zero attached hydrogens (tertiary/aromatic N) is 3. The molecule has 0 radical (unpaired) electrons. The van der Waals surface area contributed by atoms with Gasteiger partial charge in [0.15, 0.2) is 5.82 Å². The van der Waals surface area contributed by atoms with E-state index in [4.69, 9.17) is 9.47 Å². The molecule has 0 amide bonds. The average Bonchev–Trinajstić information content (AvgIpc) is 3.30. The molecule has 1 aromatic heterocycles. The summed E-state index contributed by atoms with van der Waals surface area (Å²) in [5.41, 5.74) is 0.985. The van der Waals surface area contributed by atoms with E-state index in [1.165, 1.54) is 12.8 Å². The zero-order chi connectivity index (χ0) is 14.2. The highest BCUT2D eigenvalue weighted by Gasteiger charge is 2.20. The van der Waals surface area contributed by atoms with Gasteiger partial charge in [-0.15, -0.1) is 5.10 Å². The summed E-state index contributed by atoms with van der Waals surface area (Å²) in [5.74, 6) is 0.870. The fourth-order valence-corrected chi connectivity index (χ4v) is 1.90. The molecule has 112 valence electrons. The topological polar surface area (TPSA) is 59.5 Å². The van der Waals surface area contributed by atoms with Crippen molar-refractivity contribution in [1.82, 2.24) is 15.5 Å². The van der Waals surface area contributed by atoms with Crippen LogP contribution in [0, 0.1) is 0 Å². The minimum atomic E-state index is 0.663. The molecule has 1 heterocycles. The first-order valence-electron chi connectivity index (χ1n) is 7.12. The molecular weight excluding hydrogens is 256 g/mol. The Morgan fingerprint density at radius 3 is 2.35 bits per heavy atom. The highest BCUT2D eigenvalue weighted by Crippen LogP contribution is 2.19. The van der Waals surface area contributed by atoms with Crippen LogP contribution in [0.25, 0.3) is 0 Å². The number of hydrogen-bond donors (Lipinski definition) is 1. The number of ether oxygens (including phenoxy) is 2. The van der Waals surface area contributed by atoms with E-state index >= 15 is 0 Å². The Morgan fingerprint density at radius 1 is 1.15 bits per heavy atom. The van der Waals surface area contributed by atoms with Crippen molar-refractivity contribution < 1.29 is 9.47 Å². The molecule has 0 atom stereocenters. The van der Waals surface area contributed by atoms with E-state index in [2.05, 4.69) is 20.4 Å². The van der Waals surface area contributed by atoms with Crippen LogP contribution in [0.15, 0.2) is 12.1 Å². The Bertz CT molecular complexity index is 373. The van der Waals surface area contributed by atoms with Crippen molar-refractivity contribution in [3.05, 3.63) is 17.8 Å². The van der Waals surface area contributed by atoms with Crippen LogP contribution in [0.4, 0.5) is 5.82 Å². The third kappa shape index (κ3) is 5.03.